The van der Waals surface area contributed by atoms with Crippen LogP contribution in [0.25, 0.3) is 0 Å². The first kappa shape index (κ1) is 13.5. The molecule has 0 spiro atoms. The van der Waals surface area contributed by atoms with Gasteiger partial charge in [0.2, 0.25) is 0 Å². The Morgan fingerprint density at radius 2 is 2.21 bits per heavy atom. The predicted octanol–water partition coefficient (Wildman–Crippen LogP) is 0.570. The van der Waals surface area contributed by atoms with Gasteiger partial charge in [0.1, 0.15) is 0 Å². The number of aliphatic hydroxyl groups excluding tert-OH is 1. The van der Waals surface area contributed by atoms with Gasteiger partial charge in [-0.3, -0.25) is 9.79 Å². The summed E-state index contributed by atoms with van der Waals surface area (Å²) in [5.41, 5.74) is 0.806. The zero-order chi connectivity index (χ0) is 13.7. The molecule has 5 nitrogen and oxygen atoms in total. The third kappa shape index (κ3) is 3.54. The molecule has 1 aliphatic heterocycles. The number of benzene rings is 1. The van der Waals surface area contributed by atoms with Crippen molar-refractivity contribution < 1.29 is 9.90 Å². The molecule has 0 radical (unpaired) electrons. The van der Waals surface area contributed by atoms with E-state index in [-0.39, 0.29) is 12.5 Å². The van der Waals surface area contributed by atoms with Crippen molar-refractivity contribution in [1.29, 1.82) is 0 Å². The lowest BCUT2D eigenvalue weighted by Gasteiger charge is -2.23. The van der Waals surface area contributed by atoms with Gasteiger partial charge >= 0.3 is 0 Å². The summed E-state index contributed by atoms with van der Waals surface area (Å²) in [5.74, 6) is 0.226. The van der Waals surface area contributed by atoms with E-state index < -0.39 is 6.10 Å². The van der Waals surface area contributed by atoms with Gasteiger partial charge in [-0.15, -0.1) is 0 Å². The summed E-state index contributed by atoms with van der Waals surface area (Å²) in [6, 6.07) is 9.32. The summed E-state index contributed by atoms with van der Waals surface area (Å²) in [5, 5.41) is 13.1. The number of amides is 1. The van der Waals surface area contributed by atoms with E-state index >= 15 is 0 Å². The summed E-state index contributed by atoms with van der Waals surface area (Å²) in [6.45, 7) is 1.71. The van der Waals surface area contributed by atoms with Crippen LogP contribution in [0.3, 0.4) is 0 Å². The quantitative estimate of drug-likeness (QED) is 0.833. The fraction of sp³-hybridized carbons (Fsp3) is 0.429. The lowest BCUT2D eigenvalue weighted by Crippen LogP contribution is -2.44. The minimum Gasteiger partial charge on any atom is -0.387 e. The zero-order valence-corrected chi connectivity index (χ0v) is 11.0. The van der Waals surface area contributed by atoms with Crippen molar-refractivity contribution >= 4 is 11.7 Å². The molecule has 5 heteroatoms. The second-order valence-electron chi connectivity index (χ2n) is 4.62. The summed E-state index contributed by atoms with van der Waals surface area (Å²) in [6.07, 6.45) is 0.270. The first-order chi connectivity index (χ1) is 9.18. The van der Waals surface area contributed by atoms with Crippen molar-refractivity contribution in [2.75, 3.05) is 26.7 Å². The highest BCUT2D eigenvalue weighted by molar-refractivity contribution is 6.37. The molecule has 0 aliphatic carbocycles. The van der Waals surface area contributed by atoms with E-state index in [2.05, 4.69) is 10.3 Å². The largest absolute Gasteiger partial charge is 0.387 e. The smallest absolute Gasteiger partial charge is 0.288 e. The number of rotatable bonds is 4. The molecule has 1 aromatic rings. The Morgan fingerprint density at radius 3 is 2.84 bits per heavy atom. The summed E-state index contributed by atoms with van der Waals surface area (Å²) >= 11 is 0. The van der Waals surface area contributed by atoms with Gasteiger partial charge in [0.25, 0.3) is 5.91 Å². The first-order valence-corrected chi connectivity index (χ1v) is 6.45. The SMILES string of the molecule is CN(CC(O)c1ccccc1)C(=O)C1=NCCCN1. The number of likely N-dealkylation sites (N-methyl/N-ethyl adjacent to an activating group) is 1. The standard InChI is InChI=1S/C14H19N3O2/c1-17(14(19)13-15-8-5-9-16-13)10-12(18)11-6-3-2-4-7-11/h2-4,6-7,12,18H,5,8-10H2,1H3,(H,15,16). The molecule has 2 rings (SSSR count). The van der Waals surface area contributed by atoms with E-state index in [9.17, 15) is 9.90 Å². The number of carbonyl (C=O) groups excluding carboxylic acids is 1. The Hall–Kier alpha value is -1.88. The number of nitrogens with one attached hydrogen (secondary N) is 1. The highest BCUT2D eigenvalue weighted by Gasteiger charge is 2.20. The van der Waals surface area contributed by atoms with Gasteiger partial charge in [0.05, 0.1) is 12.6 Å². The van der Waals surface area contributed by atoms with Crippen LogP contribution in [0.2, 0.25) is 0 Å². The molecule has 0 aromatic heterocycles. The van der Waals surface area contributed by atoms with Gasteiger partial charge in [0.15, 0.2) is 5.84 Å². The molecular weight excluding hydrogens is 242 g/mol. The van der Waals surface area contributed by atoms with Gasteiger partial charge in [-0.05, 0) is 12.0 Å². The second kappa shape index (κ2) is 6.33. The Kier molecular flexibility index (Phi) is 4.52. The molecule has 1 heterocycles. The lowest BCUT2D eigenvalue weighted by atomic mass is 10.1. The van der Waals surface area contributed by atoms with Crippen molar-refractivity contribution in [2.24, 2.45) is 4.99 Å². The fourth-order valence-electron chi connectivity index (χ4n) is 1.98. The van der Waals surface area contributed by atoms with E-state index in [1.165, 1.54) is 4.90 Å². The second-order valence-corrected chi connectivity index (χ2v) is 4.62. The van der Waals surface area contributed by atoms with Crippen LogP contribution in [0.5, 0.6) is 0 Å². The maximum atomic E-state index is 12.1. The molecule has 1 aromatic carbocycles. The van der Waals surface area contributed by atoms with E-state index in [0.29, 0.717) is 12.4 Å². The van der Waals surface area contributed by atoms with E-state index in [1.807, 2.05) is 30.3 Å². The number of aliphatic imine (C=N–C) groups is 1. The third-order valence-electron chi connectivity index (χ3n) is 3.08. The molecule has 1 unspecified atom stereocenters. The highest BCUT2D eigenvalue weighted by atomic mass is 16.3. The van der Waals surface area contributed by atoms with Crippen LogP contribution in [-0.4, -0.2) is 48.4 Å². The van der Waals surface area contributed by atoms with Gasteiger partial charge in [-0.25, -0.2) is 0 Å². The van der Waals surface area contributed by atoms with Crippen molar-refractivity contribution in [3.05, 3.63) is 35.9 Å². The Labute approximate surface area is 113 Å². The van der Waals surface area contributed by atoms with Gasteiger partial charge in [0, 0.05) is 20.1 Å². The lowest BCUT2D eigenvalue weighted by molar-refractivity contribution is -0.124. The maximum Gasteiger partial charge on any atom is 0.288 e. The van der Waals surface area contributed by atoms with Gasteiger partial charge < -0.3 is 15.3 Å². The van der Waals surface area contributed by atoms with Crippen LogP contribution in [0, 0.1) is 0 Å². The molecule has 1 amide bonds. The number of hydrogen-bond donors (Lipinski definition) is 2. The zero-order valence-electron chi connectivity index (χ0n) is 11.0. The molecular formula is C14H19N3O2. The van der Waals surface area contributed by atoms with E-state index in [0.717, 1.165) is 18.5 Å². The fourth-order valence-corrected chi connectivity index (χ4v) is 1.98. The Bertz CT molecular complexity index is 459. The van der Waals surface area contributed by atoms with Crippen LogP contribution in [0.15, 0.2) is 35.3 Å². The van der Waals surface area contributed by atoms with Crippen molar-refractivity contribution in [3.63, 3.8) is 0 Å². The van der Waals surface area contributed by atoms with Crippen molar-refractivity contribution in [3.8, 4) is 0 Å². The van der Waals surface area contributed by atoms with E-state index in [1.54, 1.807) is 7.05 Å². The van der Waals surface area contributed by atoms with Crippen LogP contribution in [0.4, 0.5) is 0 Å². The van der Waals surface area contributed by atoms with Crippen LogP contribution < -0.4 is 5.32 Å². The number of hydrogen-bond acceptors (Lipinski definition) is 4. The maximum absolute atomic E-state index is 12.1. The first-order valence-electron chi connectivity index (χ1n) is 6.45. The number of nitrogens with zero attached hydrogens (tertiary/aromatic N) is 2. The van der Waals surface area contributed by atoms with Crippen molar-refractivity contribution in [1.82, 2.24) is 10.2 Å². The Balaban J connectivity index is 1.95. The molecule has 1 aliphatic rings. The molecule has 0 bridgehead atoms. The average Bonchev–Trinajstić information content (AvgIpc) is 2.48. The molecule has 0 saturated heterocycles. The monoisotopic (exact) mass is 261 g/mol. The molecule has 0 fully saturated rings. The molecule has 102 valence electrons. The van der Waals surface area contributed by atoms with Crippen LogP contribution in [0.1, 0.15) is 18.1 Å². The topological polar surface area (TPSA) is 64.9 Å². The molecule has 19 heavy (non-hydrogen) atoms. The van der Waals surface area contributed by atoms with Gasteiger partial charge in [-0.2, -0.15) is 0 Å². The highest BCUT2D eigenvalue weighted by Crippen LogP contribution is 2.13. The average molecular weight is 261 g/mol. The number of carbonyl (C=O) groups is 1. The summed E-state index contributed by atoms with van der Waals surface area (Å²) in [7, 11) is 1.67. The predicted molar refractivity (Wildman–Crippen MR) is 74.0 cm³/mol. The normalized spacial score (nSPS) is 16.2. The van der Waals surface area contributed by atoms with Crippen molar-refractivity contribution in [2.45, 2.75) is 12.5 Å². The van der Waals surface area contributed by atoms with Crippen LogP contribution in [-0.2, 0) is 4.79 Å². The summed E-state index contributed by atoms with van der Waals surface area (Å²) in [4.78, 5) is 17.7. The molecule has 2 N–H and O–H groups in total. The number of amidine groups is 1. The minimum atomic E-state index is -0.681. The third-order valence-corrected chi connectivity index (χ3v) is 3.08. The molecule has 0 saturated carbocycles. The van der Waals surface area contributed by atoms with Gasteiger partial charge in [-0.1, -0.05) is 30.3 Å². The summed E-state index contributed by atoms with van der Waals surface area (Å²) < 4.78 is 0. The Morgan fingerprint density at radius 1 is 1.47 bits per heavy atom. The van der Waals surface area contributed by atoms with E-state index in [4.69, 9.17) is 0 Å². The minimum absolute atomic E-state index is 0.172. The molecule has 1 atom stereocenters. The number of aliphatic hydroxyl groups is 1. The van der Waals surface area contributed by atoms with Crippen LogP contribution >= 0.6 is 0 Å².